The molecule has 0 fully saturated rings. The van der Waals surface area contributed by atoms with Crippen molar-refractivity contribution in [2.24, 2.45) is 0 Å². The molecule has 1 rings (SSSR count). The Morgan fingerprint density at radius 2 is 2.05 bits per heavy atom. The Labute approximate surface area is 121 Å². The molecule has 1 amide bonds. The number of carbonyl (C=O) groups is 2. The molecule has 7 nitrogen and oxygen atoms in total. The molecule has 0 aliphatic carbocycles. The van der Waals surface area contributed by atoms with Gasteiger partial charge in [0, 0.05) is 18.4 Å². The van der Waals surface area contributed by atoms with Gasteiger partial charge in [-0.3, -0.25) is 9.59 Å². The first-order chi connectivity index (χ1) is 10.1. The number of methoxy groups -OCH3 is 1. The van der Waals surface area contributed by atoms with E-state index in [0.717, 1.165) is 0 Å². The maximum Gasteiger partial charge on any atom is 0.307 e. The minimum atomic E-state index is -0.589. The summed E-state index contributed by atoms with van der Waals surface area (Å²) in [5.41, 5.74) is 0.321. The fourth-order valence-electron chi connectivity index (χ4n) is 1.34. The molecule has 0 atom stereocenters. The zero-order valence-electron chi connectivity index (χ0n) is 11.4. The molecule has 0 saturated carbocycles. The van der Waals surface area contributed by atoms with Gasteiger partial charge >= 0.3 is 5.97 Å². The highest BCUT2D eigenvalue weighted by atomic mass is 16.5. The Morgan fingerprint density at radius 3 is 2.62 bits per heavy atom. The number of anilines is 1. The average molecular weight is 289 g/mol. The molecule has 0 unspecified atom stereocenters. The van der Waals surface area contributed by atoms with Crippen molar-refractivity contribution >= 4 is 17.6 Å². The molecule has 21 heavy (non-hydrogen) atoms. The second-order valence-corrected chi connectivity index (χ2v) is 3.95. The van der Waals surface area contributed by atoms with Crippen LogP contribution in [0.25, 0.3) is 0 Å². The quantitative estimate of drug-likeness (QED) is 0.236. The van der Waals surface area contributed by atoms with E-state index in [-0.39, 0.29) is 30.3 Å². The number of nitrogens with zero attached hydrogens (tertiary/aromatic N) is 1. The number of benzene rings is 1. The number of phenols is 1. The maximum absolute atomic E-state index is 11.8. The Bertz CT molecular complexity index is 573. The van der Waals surface area contributed by atoms with Gasteiger partial charge in [0.2, 0.25) is 0 Å². The Balaban J connectivity index is 2.54. The van der Waals surface area contributed by atoms with Crippen LogP contribution in [-0.4, -0.2) is 30.6 Å². The van der Waals surface area contributed by atoms with E-state index in [1.807, 2.05) is 0 Å². The zero-order chi connectivity index (χ0) is 15.7. The molecule has 1 aromatic carbocycles. The molecule has 0 spiro atoms. The number of amides is 1. The van der Waals surface area contributed by atoms with Crippen molar-refractivity contribution in [1.82, 2.24) is 5.32 Å². The summed E-state index contributed by atoms with van der Waals surface area (Å²) in [6.07, 6.45) is 1.37. The lowest BCUT2D eigenvalue weighted by Gasteiger charge is -2.05. The first-order valence-corrected chi connectivity index (χ1v) is 6.07. The Hall–Kier alpha value is -3.01. The largest absolute Gasteiger partial charge is 0.508 e. The van der Waals surface area contributed by atoms with Crippen LogP contribution in [0.1, 0.15) is 6.42 Å². The number of carbonyl (C=O) groups excluding carboxylic acids is 2. The van der Waals surface area contributed by atoms with Crippen molar-refractivity contribution in [1.29, 1.82) is 5.26 Å². The van der Waals surface area contributed by atoms with Crippen LogP contribution in [0.15, 0.2) is 36.0 Å². The highest BCUT2D eigenvalue weighted by Crippen LogP contribution is 2.14. The number of hydrogen-bond donors (Lipinski definition) is 3. The zero-order valence-corrected chi connectivity index (χ0v) is 11.4. The van der Waals surface area contributed by atoms with Crippen molar-refractivity contribution in [3.63, 3.8) is 0 Å². The number of esters is 1. The summed E-state index contributed by atoms with van der Waals surface area (Å²) in [6.45, 7) is 0.254. The molecule has 0 aliphatic rings. The van der Waals surface area contributed by atoms with E-state index < -0.39 is 5.91 Å². The lowest BCUT2D eigenvalue weighted by atomic mass is 10.2. The van der Waals surface area contributed by atoms with Gasteiger partial charge in [-0.25, -0.2) is 0 Å². The topological polar surface area (TPSA) is 111 Å². The standard InChI is InChI=1S/C14H15N3O4/c1-21-13(19)6-7-16-9-10(8-15)14(20)17-11-2-4-12(18)5-3-11/h2-5,9,16,18H,6-7H2,1H3,(H,17,20)/b10-9-. The number of nitrogens with one attached hydrogen (secondary N) is 2. The summed E-state index contributed by atoms with van der Waals surface area (Å²) in [4.78, 5) is 22.7. The third kappa shape index (κ3) is 5.65. The van der Waals surface area contributed by atoms with Crippen molar-refractivity contribution < 1.29 is 19.4 Å². The number of ether oxygens (including phenoxy) is 1. The van der Waals surface area contributed by atoms with Gasteiger partial charge in [0.1, 0.15) is 17.4 Å². The molecule has 1 aromatic rings. The van der Waals surface area contributed by atoms with E-state index >= 15 is 0 Å². The van der Waals surface area contributed by atoms with Crippen molar-refractivity contribution in [2.75, 3.05) is 19.0 Å². The van der Waals surface area contributed by atoms with E-state index in [0.29, 0.717) is 5.69 Å². The van der Waals surface area contributed by atoms with Gasteiger partial charge in [0.25, 0.3) is 5.91 Å². The summed E-state index contributed by atoms with van der Waals surface area (Å²) in [5.74, 6) is -0.898. The summed E-state index contributed by atoms with van der Waals surface area (Å²) in [7, 11) is 1.28. The number of rotatable bonds is 6. The van der Waals surface area contributed by atoms with Crippen molar-refractivity contribution in [3.05, 3.63) is 36.0 Å². The van der Waals surface area contributed by atoms with E-state index in [4.69, 9.17) is 10.4 Å². The fourth-order valence-corrected chi connectivity index (χ4v) is 1.34. The Morgan fingerprint density at radius 1 is 1.38 bits per heavy atom. The molecule has 0 aromatic heterocycles. The van der Waals surface area contributed by atoms with Crippen LogP contribution in [0.5, 0.6) is 5.75 Å². The second-order valence-electron chi connectivity index (χ2n) is 3.95. The summed E-state index contributed by atoms with van der Waals surface area (Å²) >= 11 is 0. The monoisotopic (exact) mass is 289 g/mol. The summed E-state index contributed by atoms with van der Waals surface area (Å²) in [5, 5.41) is 23.3. The second kappa shape index (κ2) is 8.22. The predicted octanol–water partition coefficient (Wildman–Crippen LogP) is 0.891. The molecule has 7 heteroatoms. The van der Waals surface area contributed by atoms with Crippen LogP contribution >= 0.6 is 0 Å². The molecular formula is C14H15N3O4. The summed E-state index contributed by atoms with van der Waals surface area (Å²) < 4.78 is 4.46. The lowest BCUT2D eigenvalue weighted by Crippen LogP contribution is -2.18. The fraction of sp³-hybridized carbons (Fsp3) is 0.214. The first kappa shape index (κ1) is 16.0. The van der Waals surface area contributed by atoms with Crippen LogP contribution < -0.4 is 10.6 Å². The summed E-state index contributed by atoms with van der Waals surface area (Å²) in [6, 6.07) is 7.60. The van der Waals surface area contributed by atoms with E-state index in [1.54, 1.807) is 6.07 Å². The molecule has 3 N–H and O–H groups in total. The smallest absolute Gasteiger partial charge is 0.307 e. The van der Waals surface area contributed by atoms with Crippen LogP contribution in [0, 0.1) is 11.3 Å². The lowest BCUT2D eigenvalue weighted by molar-refractivity contribution is -0.140. The Kier molecular flexibility index (Phi) is 6.28. The molecule has 0 aliphatic heterocycles. The molecule has 110 valence electrons. The van der Waals surface area contributed by atoms with E-state index in [1.165, 1.54) is 37.6 Å². The third-order valence-electron chi connectivity index (χ3n) is 2.44. The van der Waals surface area contributed by atoms with Crippen LogP contribution in [0.4, 0.5) is 5.69 Å². The van der Waals surface area contributed by atoms with Gasteiger partial charge in [-0.2, -0.15) is 5.26 Å². The van der Waals surface area contributed by atoms with Crippen molar-refractivity contribution in [2.45, 2.75) is 6.42 Å². The third-order valence-corrected chi connectivity index (χ3v) is 2.44. The van der Waals surface area contributed by atoms with Gasteiger partial charge in [-0.15, -0.1) is 0 Å². The van der Waals surface area contributed by atoms with Crippen molar-refractivity contribution in [3.8, 4) is 11.8 Å². The van der Waals surface area contributed by atoms with Gasteiger partial charge in [0.05, 0.1) is 13.5 Å². The number of nitriles is 1. The van der Waals surface area contributed by atoms with Crippen LogP contribution in [-0.2, 0) is 14.3 Å². The molecule has 0 saturated heterocycles. The molecular weight excluding hydrogens is 274 g/mol. The number of phenolic OH excluding ortho intramolecular Hbond substituents is 1. The maximum atomic E-state index is 11.8. The predicted molar refractivity (Wildman–Crippen MR) is 75.1 cm³/mol. The van der Waals surface area contributed by atoms with Crippen LogP contribution in [0.3, 0.4) is 0 Å². The normalized spacial score (nSPS) is 10.4. The number of hydrogen-bond acceptors (Lipinski definition) is 6. The average Bonchev–Trinajstić information content (AvgIpc) is 2.49. The highest BCUT2D eigenvalue weighted by Gasteiger charge is 2.09. The minimum Gasteiger partial charge on any atom is -0.508 e. The SMILES string of the molecule is COC(=O)CCN/C=C(/C#N)C(=O)Nc1ccc(O)cc1. The number of aromatic hydroxyl groups is 1. The molecule has 0 bridgehead atoms. The van der Waals surface area contributed by atoms with E-state index in [2.05, 4.69) is 15.4 Å². The first-order valence-electron chi connectivity index (χ1n) is 6.07. The van der Waals surface area contributed by atoms with Gasteiger partial charge in [-0.05, 0) is 24.3 Å². The minimum absolute atomic E-state index is 0.0773. The van der Waals surface area contributed by atoms with E-state index in [9.17, 15) is 9.59 Å². The highest BCUT2D eigenvalue weighted by molar-refractivity contribution is 6.06. The molecule has 0 heterocycles. The molecule has 0 radical (unpaired) electrons. The van der Waals surface area contributed by atoms with Gasteiger partial charge < -0.3 is 20.5 Å². The van der Waals surface area contributed by atoms with Gasteiger partial charge in [0.15, 0.2) is 0 Å². The van der Waals surface area contributed by atoms with Crippen LogP contribution in [0.2, 0.25) is 0 Å². The van der Waals surface area contributed by atoms with Gasteiger partial charge in [-0.1, -0.05) is 0 Å².